The Morgan fingerprint density at radius 3 is 2.41 bits per heavy atom. The topological polar surface area (TPSA) is 81.2 Å². The summed E-state index contributed by atoms with van der Waals surface area (Å²) in [6.07, 6.45) is -4.08. The lowest BCUT2D eigenvalue weighted by molar-refractivity contribution is -0.137. The Kier molecular flexibility index (Phi) is 6.47. The highest BCUT2D eigenvalue weighted by atomic mass is 35.5. The second-order valence-corrected chi connectivity index (χ2v) is 7.52. The standard InChI is InChI=1S/C24H15ClF3N3O3/c25-18-10-15(24(26,27)28)12-29-22(18)31-21(32)13-34-23(33)17-11-20(14-6-2-1-3-7-14)30-19-9-5-4-8-16(17)19/h1-12H,13H2,(H,29,31,32). The minimum absolute atomic E-state index is 0.211. The molecular weight excluding hydrogens is 471 g/mol. The van der Waals surface area contributed by atoms with Crippen LogP contribution < -0.4 is 5.32 Å². The van der Waals surface area contributed by atoms with Crippen molar-refractivity contribution < 1.29 is 27.5 Å². The second-order valence-electron chi connectivity index (χ2n) is 7.11. The third-order valence-corrected chi connectivity index (χ3v) is 5.05. The van der Waals surface area contributed by atoms with E-state index in [1.54, 1.807) is 30.3 Å². The number of nitrogens with one attached hydrogen (secondary N) is 1. The molecule has 0 aliphatic carbocycles. The minimum atomic E-state index is -4.62. The van der Waals surface area contributed by atoms with Gasteiger partial charge < -0.3 is 10.1 Å². The molecule has 0 aliphatic heterocycles. The number of anilines is 1. The smallest absolute Gasteiger partial charge is 0.417 e. The number of nitrogens with zero attached hydrogens (tertiary/aromatic N) is 2. The molecule has 0 unspecified atom stereocenters. The zero-order valence-corrected chi connectivity index (χ0v) is 18.0. The van der Waals surface area contributed by atoms with Gasteiger partial charge in [0.1, 0.15) is 0 Å². The first-order valence-electron chi connectivity index (χ1n) is 9.87. The summed E-state index contributed by atoms with van der Waals surface area (Å²) in [5.41, 5.74) is 1.07. The number of para-hydroxylation sites is 1. The van der Waals surface area contributed by atoms with Crippen molar-refractivity contribution in [1.82, 2.24) is 9.97 Å². The molecule has 1 amide bonds. The van der Waals surface area contributed by atoms with E-state index in [0.29, 0.717) is 28.9 Å². The van der Waals surface area contributed by atoms with Gasteiger partial charge in [0.05, 0.1) is 27.4 Å². The lowest BCUT2D eigenvalue weighted by Crippen LogP contribution is -2.22. The van der Waals surface area contributed by atoms with Crippen molar-refractivity contribution in [3.63, 3.8) is 0 Å². The molecule has 6 nitrogen and oxygen atoms in total. The van der Waals surface area contributed by atoms with Gasteiger partial charge in [0.25, 0.3) is 5.91 Å². The number of ether oxygens (including phenoxy) is 1. The molecule has 0 radical (unpaired) electrons. The summed E-state index contributed by atoms with van der Waals surface area (Å²) in [6.45, 7) is -0.699. The van der Waals surface area contributed by atoms with Gasteiger partial charge in [0.15, 0.2) is 12.4 Å². The fourth-order valence-corrected chi connectivity index (χ4v) is 3.38. The fraction of sp³-hybridized carbons (Fsp3) is 0.0833. The van der Waals surface area contributed by atoms with Crippen molar-refractivity contribution in [3.05, 3.63) is 89.1 Å². The number of carbonyl (C=O) groups is 2. The van der Waals surface area contributed by atoms with Gasteiger partial charge in [0.2, 0.25) is 0 Å². The molecule has 172 valence electrons. The molecule has 0 atom stereocenters. The number of halogens is 4. The highest BCUT2D eigenvalue weighted by molar-refractivity contribution is 6.33. The number of carbonyl (C=O) groups excluding carboxylic acids is 2. The Bertz CT molecular complexity index is 1380. The molecule has 1 N–H and O–H groups in total. The summed E-state index contributed by atoms with van der Waals surface area (Å²) in [5.74, 6) is -1.86. The van der Waals surface area contributed by atoms with Crippen molar-refractivity contribution in [2.45, 2.75) is 6.18 Å². The number of rotatable bonds is 5. The Balaban J connectivity index is 1.51. The van der Waals surface area contributed by atoms with Crippen LogP contribution in [0.1, 0.15) is 15.9 Å². The van der Waals surface area contributed by atoms with Crippen LogP contribution in [0.25, 0.3) is 22.2 Å². The molecule has 4 aromatic rings. The summed E-state index contributed by atoms with van der Waals surface area (Å²) in [6, 6.07) is 18.4. The van der Waals surface area contributed by atoms with Gasteiger partial charge in [-0.25, -0.2) is 14.8 Å². The van der Waals surface area contributed by atoms with E-state index in [9.17, 15) is 22.8 Å². The van der Waals surface area contributed by atoms with Crippen LogP contribution in [0.5, 0.6) is 0 Å². The van der Waals surface area contributed by atoms with Gasteiger partial charge in [-0.15, -0.1) is 0 Å². The van der Waals surface area contributed by atoms with Crippen LogP contribution in [0.15, 0.2) is 72.9 Å². The molecule has 2 aromatic carbocycles. The summed E-state index contributed by atoms with van der Waals surface area (Å²) in [7, 11) is 0. The first-order valence-corrected chi connectivity index (χ1v) is 10.2. The molecule has 34 heavy (non-hydrogen) atoms. The Hall–Kier alpha value is -3.98. The van der Waals surface area contributed by atoms with Crippen molar-refractivity contribution in [2.75, 3.05) is 11.9 Å². The number of amides is 1. The van der Waals surface area contributed by atoms with Crippen molar-refractivity contribution in [2.24, 2.45) is 0 Å². The summed E-state index contributed by atoms with van der Waals surface area (Å²) >= 11 is 5.79. The highest BCUT2D eigenvalue weighted by Crippen LogP contribution is 2.32. The van der Waals surface area contributed by atoms with E-state index in [2.05, 4.69) is 15.3 Å². The van der Waals surface area contributed by atoms with E-state index in [1.807, 2.05) is 30.3 Å². The largest absolute Gasteiger partial charge is 0.452 e. The van der Waals surface area contributed by atoms with Crippen LogP contribution in [0, 0.1) is 0 Å². The number of pyridine rings is 2. The maximum Gasteiger partial charge on any atom is 0.417 e. The molecule has 2 aromatic heterocycles. The first kappa shape index (κ1) is 23.2. The molecule has 0 bridgehead atoms. The third-order valence-electron chi connectivity index (χ3n) is 4.77. The SMILES string of the molecule is O=C(COC(=O)c1cc(-c2ccccc2)nc2ccccc12)Nc1ncc(C(F)(F)F)cc1Cl. The highest BCUT2D eigenvalue weighted by Gasteiger charge is 2.31. The normalized spacial score (nSPS) is 11.3. The van der Waals surface area contributed by atoms with E-state index < -0.39 is 35.2 Å². The molecule has 10 heteroatoms. The predicted molar refractivity (Wildman–Crippen MR) is 120 cm³/mol. The van der Waals surface area contributed by atoms with Gasteiger partial charge in [0, 0.05) is 17.1 Å². The van der Waals surface area contributed by atoms with Crippen LogP contribution in [-0.2, 0) is 15.7 Å². The summed E-state index contributed by atoms with van der Waals surface area (Å²) in [4.78, 5) is 33.1. The van der Waals surface area contributed by atoms with Crippen LogP contribution in [-0.4, -0.2) is 28.5 Å². The number of aromatic nitrogens is 2. The predicted octanol–water partition coefficient (Wildman–Crippen LogP) is 5.76. The fourth-order valence-electron chi connectivity index (χ4n) is 3.16. The number of hydrogen-bond acceptors (Lipinski definition) is 5. The Labute approximate surface area is 196 Å². The van der Waals surface area contributed by atoms with Crippen molar-refractivity contribution in [1.29, 1.82) is 0 Å². The van der Waals surface area contributed by atoms with E-state index in [0.717, 1.165) is 5.56 Å². The van der Waals surface area contributed by atoms with Crippen LogP contribution in [0.2, 0.25) is 5.02 Å². The van der Waals surface area contributed by atoms with E-state index >= 15 is 0 Å². The lowest BCUT2D eigenvalue weighted by atomic mass is 10.0. The molecule has 0 aliphatic rings. The Morgan fingerprint density at radius 1 is 1.00 bits per heavy atom. The average Bonchev–Trinajstić information content (AvgIpc) is 2.83. The number of alkyl halides is 3. The third kappa shape index (κ3) is 5.15. The van der Waals surface area contributed by atoms with Gasteiger partial charge in [-0.2, -0.15) is 13.2 Å². The van der Waals surface area contributed by atoms with Crippen LogP contribution >= 0.6 is 11.6 Å². The summed E-state index contributed by atoms with van der Waals surface area (Å²) < 4.78 is 43.3. The maximum atomic E-state index is 12.8. The van der Waals surface area contributed by atoms with E-state index in [1.165, 1.54) is 0 Å². The van der Waals surface area contributed by atoms with E-state index in [-0.39, 0.29) is 11.4 Å². The van der Waals surface area contributed by atoms with Gasteiger partial charge >= 0.3 is 12.1 Å². The molecule has 4 rings (SSSR count). The maximum absolute atomic E-state index is 12.8. The zero-order valence-electron chi connectivity index (χ0n) is 17.3. The Morgan fingerprint density at radius 2 is 1.71 bits per heavy atom. The number of fused-ring (bicyclic) bond motifs is 1. The van der Waals surface area contributed by atoms with Gasteiger partial charge in [-0.3, -0.25) is 4.79 Å². The van der Waals surface area contributed by atoms with Crippen LogP contribution in [0.3, 0.4) is 0 Å². The molecular formula is C24H15ClF3N3O3. The quantitative estimate of drug-likeness (QED) is 0.363. The second kappa shape index (κ2) is 9.48. The monoisotopic (exact) mass is 485 g/mol. The first-order chi connectivity index (χ1) is 16.2. The zero-order chi connectivity index (χ0) is 24.3. The molecule has 2 heterocycles. The molecule has 0 saturated heterocycles. The molecule has 0 spiro atoms. The van der Waals surface area contributed by atoms with Gasteiger partial charge in [-0.1, -0.05) is 60.1 Å². The number of hydrogen-bond donors (Lipinski definition) is 1. The lowest BCUT2D eigenvalue weighted by Gasteiger charge is -2.11. The van der Waals surface area contributed by atoms with Crippen LogP contribution in [0.4, 0.5) is 19.0 Å². The van der Waals surface area contributed by atoms with Crippen molar-refractivity contribution in [3.8, 4) is 11.3 Å². The van der Waals surface area contributed by atoms with Crippen molar-refractivity contribution >= 4 is 40.2 Å². The number of benzene rings is 2. The number of esters is 1. The molecule has 0 fully saturated rings. The summed E-state index contributed by atoms with van der Waals surface area (Å²) in [5, 5.41) is 2.37. The van der Waals surface area contributed by atoms with E-state index in [4.69, 9.17) is 16.3 Å². The minimum Gasteiger partial charge on any atom is -0.452 e. The van der Waals surface area contributed by atoms with Gasteiger partial charge in [-0.05, 0) is 18.2 Å². The molecule has 0 saturated carbocycles. The average molecular weight is 486 g/mol.